The van der Waals surface area contributed by atoms with Gasteiger partial charge in [-0.1, -0.05) is 12.1 Å². The number of pyridine rings is 2. The van der Waals surface area contributed by atoms with Crippen molar-refractivity contribution >= 4 is 38.5 Å². The van der Waals surface area contributed by atoms with E-state index in [1.165, 1.54) is 44.7 Å². The third-order valence-corrected chi connectivity index (χ3v) is 6.43. The quantitative estimate of drug-likeness (QED) is 0.331. The summed E-state index contributed by atoms with van der Waals surface area (Å²) in [5.41, 5.74) is 0.668. The molecule has 11 nitrogen and oxygen atoms in total. The molecule has 35 heavy (non-hydrogen) atoms. The molecule has 1 aromatic carbocycles. The monoisotopic (exact) mass is 499 g/mol. The first-order chi connectivity index (χ1) is 16.8. The van der Waals surface area contributed by atoms with Gasteiger partial charge in [-0.15, -0.1) is 0 Å². The summed E-state index contributed by atoms with van der Waals surface area (Å²) in [6.07, 6.45) is 2.88. The smallest absolute Gasteiger partial charge is 0.267 e. The molecule has 182 valence electrons. The molecule has 0 fully saturated rings. The zero-order valence-corrected chi connectivity index (χ0v) is 20.1. The molecule has 4 rings (SSSR count). The molecule has 0 saturated heterocycles. The number of nitrogens with zero attached hydrogens (tertiary/aromatic N) is 4. The second-order valence-electron chi connectivity index (χ2n) is 7.15. The van der Waals surface area contributed by atoms with Crippen LogP contribution < -0.4 is 24.8 Å². The van der Waals surface area contributed by atoms with Crippen LogP contribution in [-0.4, -0.2) is 56.7 Å². The van der Waals surface area contributed by atoms with Crippen LogP contribution >= 0.6 is 0 Å². The Bertz CT molecular complexity index is 1520. The van der Waals surface area contributed by atoms with Crippen LogP contribution in [0.15, 0.2) is 47.6 Å². The number of methoxy groups -OCH3 is 2. The molecule has 0 radical (unpaired) electrons. The van der Waals surface area contributed by atoms with Gasteiger partial charge in [-0.3, -0.25) is 4.72 Å². The van der Waals surface area contributed by atoms with Gasteiger partial charge in [0, 0.05) is 42.9 Å². The van der Waals surface area contributed by atoms with E-state index in [0.717, 1.165) is 0 Å². The first-order valence-corrected chi connectivity index (χ1v) is 11.7. The summed E-state index contributed by atoms with van der Waals surface area (Å²) in [5.74, 6) is -0.00562. The highest BCUT2D eigenvalue weighted by atomic mass is 32.2. The molecule has 4 aromatic rings. The number of hydrogen-bond acceptors (Lipinski definition) is 10. The molecule has 0 bridgehead atoms. The van der Waals surface area contributed by atoms with E-state index >= 15 is 4.39 Å². The highest BCUT2D eigenvalue weighted by molar-refractivity contribution is 7.92. The number of rotatable bonds is 8. The predicted octanol–water partition coefficient (Wildman–Crippen LogP) is 3.13. The molecule has 3 aromatic heterocycles. The fraction of sp³-hybridized carbons (Fsp3) is 0.182. The molecular formula is C22H22FN7O4S. The summed E-state index contributed by atoms with van der Waals surface area (Å²) in [4.78, 5) is 16.6. The first-order valence-electron chi connectivity index (χ1n) is 10.2. The molecule has 0 aliphatic carbocycles. The van der Waals surface area contributed by atoms with E-state index in [4.69, 9.17) is 9.47 Å². The molecule has 0 amide bonds. The molecule has 3 heterocycles. The number of sulfonamides is 1. The largest absolute Gasteiger partial charge is 0.495 e. The van der Waals surface area contributed by atoms with Gasteiger partial charge in [-0.2, -0.15) is 4.98 Å². The predicted molar refractivity (Wildman–Crippen MR) is 130 cm³/mol. The average Bonchev–Trinajstić information content (AvgIpc) is 2.88. The lowest BCUT2D eigenvalue weighted by Crippen LogP contribution is -2.16. The second kappa shape index (κ2) is 9.54. The fourth-order valence-corrected chi connectivity index (χ4v) is 4.56. The normalized spacial score (nSPS) is 11.2. The van der Waals surface area contributed by atoms with Crippen LogP contribution in [0.25, 0.3) is 22.2 Å². The number of halogens is 1. The van der Waals surface area contributed by atoms with Crippen molar-refractivity contribution in [2.24, 2.45) is 0 Å². The minimum Gasteiger partial charge on any atom is -0.495 e. The van der Waals surface area contributed by atoms with Crippen LogP contribution in [0.2, 0.25) is 0 Å². The van der Waals surface area contributed by atoms with E-state index in [2.05, 4.69) is 35.3 Å². The zero-order valence-electron chi connectivity index (χ0n) is 19.2. The van der Waals surface area contributed by atoms with E-state index in [1.54, 1.807) is 26.4 Å². The van der Waals surface area contributed by atoms with Gasteiger partial charge in [0.2, 0.25) is 11.8 Å². The van der Waals surface area contributed by atoms with Gasteiger partial charge in [0.1, 0.15) is 11.6 Å². The van der Waals surface area contributed by atoms with Crippen molar-refractivity contribution in [3.63, 3.8) is 0 Å². The highest BCUT2D eigenvalue weighted by Gasteiger charge is 2.25. The van der Waals surface area contributed by atoms with E-state index in [1.807, 2.05) is 0 Å². The third-order valence-electron chi connectivity index (χ3n) is 5.07. The minimum atomic E-state index is -4.28. The SMILES string of the molecule is CNc1ncc2cc(-c3cccc(NS(=O)(=O)c4cc(OC)cnc4OC)c3F)c(NC)nc2n1. The van der Waals surface area contributed by atoms with Gasteiger partial charge in [-0.25, -0.2) is 27.8 Å². The standard InChI is InChI=1S/C22H22FN7O4S/c1-24-20-15(8-12-10-27-22(25-2)29-19(12)28-20)14-6-5-7-16(18(14)23)30-35(31,32)17-9-13(33-3)11-26-21(17)34-4/h5-11,30H,1-4H3,(H2,24,25,27,28,29). The van der Waals surface area contributed by atoms with Gasteiger partial charge in [0.25, 0.3) is 10.0 Å². The molecule has 0 unspecified atom stereocenters. The number of hydrogen-bond donors (Lipinski definition) is 3. The minimum absolute atomic E-state index is 0.123. The maximum atomic E-state index is 15.7. The van der Waals surface area contributed by atoms with E-state index in [9.17, 15) is 8.42 Å². The van der Waals surface area contributed by atoms with Crippen molar-refractivity contribution in [3.8, 4) is 22.8 Å². The summed E-state index contributed by atoms with van der Waals surface area (Å²) in [6.45, 7) is 0. The van der Waals surface area contributed by atoms with Gasteiger partial charge < -0.3 is 20.1 Å². The van der Waals surface area contributed by atoms with E-state index in [0.29, 0.717) is 28.4 Å². The molecule has 13 heteroatoms. The van der Waals surface area contributed by atoms with Gasteiger partial charge >= 0.3 is 0 Å². The lowest BCUT2D eigenvalue weighted by atomic mass is 10.0. The molecular weight excluding hydrogens is 477 g/mol. The maximum absolute atomic E-state index is 15.7. The molecule has 0 saturated carbocycles. The van der Waals surface area contributed by atoms with Crippen LogP contribution in [0.3, 0.4) is 0 Å². The van der Waals surface area contributed by atoms with Crippen molar-refractivity contribution in [3.05, 3.63) is 48.5 Å². The van der Waals surface area contributed by atoms with E-state index < -0.39 is 15.8 Å². The van der Waals surface area contributed by atoms with Gasteiger partial charge in [-0.05, 0) is 12.1 Å². The summed E-state index contributed by atoms with van der Waals surface area (Å²) in [7, 11) is 1.70. The van der Waals surface area contributed by atoms with Crippen LogP contribution in [0, 0.1) is 5.82 Å². The van der Waals surface area contributed by atoms with Gasteiger partial charge in [0.15, 0.2) is 16.4 Å². The second-order valence-corrected chi connectivity index (χ2v) is 8.80. The Balaban J connectivity index is 1.79. The third kappa shape index (κ3) is 4.57. The van der Waals surface area contributed by atoms with Crippen LogP contribution in [0.1, 0.15) is 0 Å². The Kier molecular flexibility index (Phi) is 6.51. The summed E-state index contributed by atoms with van der Waals surface area (Å²) >= 11 is 0. The van der Waals surface area contributed by atoms with Crippen LogP contribution in [0.5, 0.6) is 11.6 Å². The number of ether oxygens (including phenoxy) is 2. The average molecular weight is 500 g/mol. The number of benzene rings is 1. The molecule has 3 N–H and O–H groups in total. The topological polar surface area (TPSA) is 140 Å². The summed E-state index contributed by atoms with van der Waals surface area (Å²) < 4.78 is 54.3. The van der Waals surface area contributed by atoms with Crippen molar-refractivity contribution in [1.82, 2.24) is 19.9 Å². The molecule has 0 aliphatic rings. The first kappa shape index (κ1) is 23.9. The number of nitrogens with one attached hydrogen (secondary N) is 3. The van der Waals surface area contributed by atoms with Crippen LogP contribution in [-0.2, 0) is 10.0 Å². The maximum Gasteiger partial charge on any atom is 0.267 e. The number of fused-ring (bicyclic) bond motifs is 1. The zero-order chi connectivity index (χ0) is 25.2. The number of aromatic nitrogens is 4. The Morgan fingerprint density at radius 2 is 1.74 bits per heavy atom. The Labute approximate surface area is 200 Å². The van der Waals surface area contributed by atoms with Crippen molar-refractivity contribution in [2.45, 2.75) is 4.90 Å². The Morgan fingerprint density at radius 3 is 2.43 bits per heavy atom. The lowest BCUT2D eigenvalue weighted by molar-refractivity contribution is 0.375. The molecule has 0 spiro atoms. The number of anilines is 3. The summed E-state index contributed by atoms with van der Waals surface area (Å²) in [6, 6.07) is 7.28. The van der Waals surface area contributed by atoms with Crippen molar-refractivity contribution in [1.29, 1.82) is 0 Å². The Hall–Kier alpha value is -4.26. The van der Waals surface area contributed by atoms with Gasteiger partial charge in [0.05, 0.1) is 26.1 Å². The summed E-state index contributed by atoms with van der Waals surface area (Å²) in [5, 5.41) is 6.36. The van der Waals surface area contributed by atoms with Crippen molar-refractivity contribution in [2.75, 3.05) is 43.7 Å². The molecule has 0 aliphatic heterocycles. The lowest BCUT2D eigenvalue weighted by Gasteiger charge is -2.15. The Morgan fingerprint density at radius 1 is 0.943 bits per heavy atom. The van der Waals surface area contributed by atoms with Crippen LogP contribution in [0.4, 0.5) is 21.8 Å². The fourth-order valence-electron chi connectivity index (χ4n) is 3.37. The molecule has 0 atom stereocenters. The van der Waals surface area contributed by atoms with Crippen molar-refractivity contribution < 1.29 is 22.3 Å². The van der Waals surface area contributed by atoms with E-state index in [-0.39, 0.29) is 27.8 Å². The highest BCUT2D eigenvalue weighted by Crippen LogP contribution is 2.35.